The van der Waals surface area contributed by atoms with Crippen LogP contribution in [0, 0.1) is 13.8 Å². The van der Waals surface area contributed by atoms with Crippen molar-refractivity contribution in [2.24, 2.45) is 0 Å². The second kappa shape index (κ2) is 6.38. The van der Waals surface area contributed by atoms with Gasteiger partial charge in [-0.25, -0.2) is 0 Å². The van der Waals surface area contributed by atoms with Gasteiger partial charge in [0.05, 0.1) is 12.8 Å². The smallest absolute Gasteiger partial charge is 0.291 e. The third-order valence-corrected chi connectivity index (χ3v) is 4.48. The highest BCUT2D eigenvalue weighted by Crippen LogP contribution is 2.33. The first-order valence-corrected chi connectivity index (χ1v) is 8.00. The Labute approximate surface area is 149 Å². The molecule has 1 aromatic heterocycles. The zero-order chi connectivity index (χ0) is 17.4. The first-order valence-electron chi connectivity index (χ1n) is 7.25. The van der Waals surface area contributed by atoms with Crippen LogP contribution >= 0.6 is 23.2 Å². The van der Waals surface area contributed by atoms with Gasteiger partial charge in [0.25, 0.3) is 5.91 Å². The summed E-state index contributed by atoms with van der Waals surface area (Å²) >= 11 is 12.1. The van der Waals surface area contributed by atoms with E-state index in [1.54, 1.807) is 30.3 Å². The lowest BCUT2D eigenvalue weighted by molar-refractivity contribution is 0.0997. The number of hydrogen-bond donors (Lipinski definition) is 1. The van der Waals surface area contributed by atoms with E-state index in [2.05, 4.69) is 5.32 Å². The van der Waals surface area contributed by atoms with Crippen LogP contribution < -0.4 is 10.1 Å². The molecule has 0 aliphatic heterocycles. The minimum Gasteiger partial charge on any atom is -0.495 e. The first-order chi connectivity index (χ1) is 11.4. The van der Waals surface area contributed by atoms with Crippen molar-refractivity contribution in [1.29, 1.82) is 0 Å². The van der Waals surface area contributed by atoms with Gasteiger partial charge in [0, 0.05) is 27.1 Å². The largest absolute Gasteiger partial charge is 0.495 e. The number of aryl methyl sites for hydroxylation is 2. The Hall–Kier alpha value is -2.17. The summed E-state index contributed by atoms with van der Waals surface area (Å²) in [6.45, 7) is 3.67. The number of methoxy groups -OCH3 is 1. The van der Waals surface area contributed by atoms with Crippen molar-refractivity contribution in [2.45, 2.75) is 13.8 Å². The van der Waals surface area contributed by atoms with Crippen LogP contribution in [0.3, 0.4) is 0 Å². The number of furan rings is 1. The number of fused-ring (bicyclic) bond motifs is 1. The maximum absolute atomic E-state index is 12.6. The fourth-order valence-electron chi connectivity index (χ4n) is 2.52. The fourth-order valence-corrected chi connectivity index (χ4v) is 2.84. The number of carbonyl (C=O) groups is 1. The van der Waals surface area contributed by atoms with E-state index in [0.717, 1.165) is 16.5 Å². The second-order valence-electron chi connectivity index (χ2n) is 5.45. The summed E-state index contributed by atoms with van der Waals surface area (Å²) in [4.78, 5) is 12.6. The van der Waals surface area contributed by atoms with Crippen LogP contribution in [0.5, 0.6) is 5.75 Å². The minimum absolute atomic E-state index is 0.238. The molecule has 24 heavy (non-hydrogen) atoms. The number of amides is 1. The summed E-state index contributed by atoms with van der Waals surface area (Å²) in [5, 5.41) is 4.78. The van der Waals surface area contributed by atoms with E-state index in [1.165, 1.54) is 7.11 Å². The maximum atomic E-state index is 12.6. The van der Waals surface area contributed by atoms with E-state index in [0.29, 0.717) is 27.1 Å². The summed E-state index contributed by atoms with van der Waals surface area (Å²) < 4.78 is 11.0. The molecule has 1 N–H and O–H groups in total. The number of carbonyl (C=O) groups excluding carboxylic acids is 1. The van der Waals surface area contributed by atoms with Crippen LogP contribution in [0.25, 0.3) is 11.0 Å². The molecule has 1 amide bonds. The Kier molecular flexibility index (Phi) is 4.43. The third-order valence-electron chi connectivity index (χ3n) is 3.83. The zero-order valence-electron chi connectivity index (χ0n) is 13.4. The van der Waals surface area contributed by atoms with Crippen LogP contribution in [0.1, 0.15) is 21.7 Å². The molecule has 3 rings (SSSR count). The Morgan fingerprint density at radius 1 is 1.17 bits per heavy atom. The van der Waals surface area contributed by atoms with Gasteiger partial charge in [0.1, 0.15) is 11.3 Å². The van der Waals surface area contributed by atoms with Gasteiger partial charge in [-0.2, -0.15) is 0 Å². The molecule has 0 bridgehead atoms. The summed E-state index contributed by atoms with van der Waals surface area (Å²) in [5.41, 5.74) is 2.71. The van der Waals surface area contributed by atoms with Gasteiger partial charge in [0.15, 0.2) is 5.76 Å². The predicted molar refractivity (Wildman–Crippen MR) is 96.7 cm³/mol. The third kappa shape index (κ3) is 2.95. The van der Waals surface area contributed by atoms with Gasteiger partial charge in [-0.3, -0.25) is 4.79 Å². The number of rotatable bonds is 3. The molecule has 0 saturated carbocycles. The predicted octanol–water partition coefficient (Wildman–Crippen LogP) is 5.62. The molecule has 0 spiro atoms. The normalized spacial score (nSPS) is 10.9. The van der Waals surface area contributed by atoms with Crippen molar-refractivity contribution in [3.8, 4) is 5.75 Å². The molecule has 0 aliphatic rings. The summed E-state index contributed by atoms with van der Waals surface area (Å²) in [5.74, 6) is 0.359. The number of ether oxygens (including phenoxy) is 1. The highest BCUT2D eigenvalue weighted by molar-refractivity contribution is 6.32. The van der Waals surface area contributed by atoms with Gasteiger partial charge in [-0.15, -0.1) is 0 Å². The van der Waals surface area contributed by atoms with Crippen LogP contribution in [0.2, 0.25) is 10.0 Å². The van der Waals surface area contributed by atoms with E-state index in [1.807, 2.05) is 13.8 Å². The molecule has 1 heterocycles. The van der Waals surface area contributed by atoms with Crippen molar-refractivity contribution >= 4 is 45.8 Å². The average Bonchev–Trinajstić information content (AvgIpc) is 2.87. The molecule has 4 nitrogen and oxygen atoms in total. The van der Waals surface area contributed by atoms with Crippen molar-refractivity contribution in [3.05, 3.63) is 57.3 Å². The van der Waals surface area contributed by atoms with Crippen LogP contribution in [-0.4, -0.2) is 13.0 Å². The quantitative estimate of drug-likeness (QED) is 0.657. The van der Waals surface area contributed by atoms with E-state index >= 15 is 0 Å². The van der Waals surface area contributed by atoms with E-state index in [-0.39, 0.29) is 11.7 Å². The van der Waals surface area contributed by atoms with Crippen molar-refractivity contribution in [3.63, 3.8) is 0 Å². The molecule has 0 saturated heterocycles. The summed E-state index contributed by atoms with van der Waals surface area (Å²) in [6.07, 6.45) is 0. The van der Waals surface area contributed by atoms with E-state index < -0.39 is 0 Å². The number of hydrogen-bond acceptors (Lipinski definition) is 3. The molecule has 2 aromatic carbocycles. The maximum Gasteiger partial charge on any atom is 0.291 e. The topological polar surface area (TPSA) is 51.5 Å². The highest BCUT2D eigenvalue weighted by atomic mass is 35.5. The average molecular weight is 364 g/mol. The molecule has 0 unspecified atom stereocenters. The second-order valence-corrected chi connectivity index (χ2v) is 6.30. The molecule has 0 atom stereocenters. The van der Waals surface area contributed by atoms with Crippen molar-refractivity contribution in [1.82, 2.24) is 0 Å². The van der Waals surface area contributed by atoms with Gasteiger partial charge in [-0.1, -0.05) is 23.2 Å². The summed E-state index contributed by atoms with van der Waals surface area (Å²) in [7, 11) is 1.52. The summed E-state index contributed by atoms with van der Waals surface area (Å²) in [6, 6.07) is 8.67. The molecule has 124 valence electrons. The number of halogens is 2. The Bertz CT molecular complexity index is 947. The van der Waals surface area contributed by atoms with Gasteiger partial charge >= 0.3 is 0 Å². The number of benzene rings is 2. The molecule has 0 fully saturated rings. The zero-order valence-corrected chi connectivity index (χ0v) is 14.9. The Morgan fingerprint density at radius 3 is 2.62 bits per heavy atom. The van der Waals surface area contributed by atoms with E-state index in [4.69, 9.17) is 32.4 Å². The lowest BCUT2D eigenvalue weighted by Crippen LogP contribution is -2.13. The van der Waals surface area contributed by atoms with Crippen LogP contribution in [0.15, 0.2) is 34.7 Å². The highest BCUT2D eigenvalue weighted by Gasteiger charge is 2.19. The minimum atomic E-state index is -0.361. The van der Waals surface area contributed by atoms with Crippen LogP contribution in [-0.2, 0) is 0 Å². The van der Waals surface area contributed by atoms with Crippen molar-refractivity contribution in [2.75, 3.05) is 12.4 Å². The van der Waals surface area contributed by atoms with Crippen molar-refractivity contribution < 1.29 is 13.9 Å². The Morgan fingerprint density at radius 2 is 1.92 bits per heavy atom. The monoisotopic (exact) mass is 363 g/mol. The van der Waals surface area contributed by atoms with Gasteiger partial charge < -0.3 is 14.5 Å². The molecule has 0 radical (unpaired) electrons. The Balaban J connectivity index is 1.99. The SMILES string of the molecule is COc1cc(Cl)c(C)cc1NC(=O)c1oc2ccc(Cl)cc2c1C. The van der Waals surface area contributed by atoms with E-state index in [9.17, 15) is 4.79 Å². The van der Waals surface area contributed by atoms with Gasteiger partial charge in [0.2, 0.25) is 0 Å². The molecular weight excluding hydrogens is 349 g/mol. The fraction of sp³-hybridized carbons (Fsp3) is 0.167. The molecule has 3 aromatic rings. The molecular formula is C18H15Cl2NO3. The number of anilines is 1. The number of nitrogens with one attached hydrogen (secondary N) is 1. The standard InChI is InChI=1S/C18H15Cl2NO3/c1-9-6-14(16(23-3)8-13(9)20)21-18(22)17-10(2)12-7-11(19)4-5-15(12)24-17/h4-8H,1-3H3,(H,21,22). The molecule has 0 aliphatic carbocycles. The molecule has 6 heteroatoms. The first kappa shape index (κ1) is 16.7. The van der Waals surface area contributed by atoms with Crippen LogP contribution in [0.4, 0.5) is 5.69 Å². The lowest BCUT2D eigenvalue weighted by atomic mass is 10.1. The lowest BCUT2D eigenvalue weighted by Gasteiger charge is -2.11. The van der Waals surface area contributed by atoms with Gasteiger partial charge in [-0.05, 0) is 43.7 Å².